The van der Waals surface area contributed by atoms with E-state index in [0.29, 0.717) is 18.1 Å². The molecular formula is C10H9ClN2O2. The van der Waals surface area contributed by atoms with Gasteiger partial charge in [-0.2, -0.15) is 0 Å². The molecule has 5 heteroatoms. The van der Waals surface area contributed by atoms with Gasteiger partial charge in [-0.1, -0.05) is 0 Å². The zero-order chi connectivity index (χ0) is 10.7. The Balaban J connectivity index is 2.29. The predicted molar refractivity (Wildman–Crippen MR) is 55.5 cm³/mol. The van der Waals surface area contributed by atoms with Gasteiger partial charge in [-0.3, -0.25) is 0 Å². The Kier molecular flexibility index (Phi) is 2.99. The van der Waals surface area contributed by atoms with Crippen LogP contribution in [-0.4, -0.2) is 17.1 Å². The van der Waals surface area contributed by atoms with Gasteiger partial charge >= 0.3 is 0 Å². The van der Waals surface area contributed by atoms with Crippen molar-refractivity contribution in [1.82, 2.24) is 9.97 Å². The lowest BCUT2D eigenvalue weighted by Gasteiger charge is -1.96. The maximum atomic E-state index is 5.67. The van der Waals surface area contributed by atoms with Crippen molar-refractivity contribution < 1.29 is 9.15 Å². The van der Waals surface area contributed by atoms with Crippen molar-refractivity contribution in [3.8, 4) is 11.5 Å². The Labute approximate surface area is 91.9 Å². The minimum Gasteiger partial charge on any atom is -0.457 e. The Bertz CT molecular complexity index is 456. The number of ether oxygens (including phenoxy) is 1. The molecule has 78 valence electrons. The Hall–Kier alpha value is -1.39. The van der Waals surface area contributed by atoms with Crippen LogP contribution in [0.25, 0.3) is 11.5 Å². The maximum Gasteiger partial charge on any atom is 0.222 e. The minimum absolute atomic E-state index is 0.206. The van der Waals surface area contributed by atoms with Crippen LogP contribution in [0.5, 0.6) is 0 Å². The molecule has 0 N–H and O–H groups in total. The largest absolute Gasteiger partial charge is 0.457 e. The van der Waals surface area contributed by atoms with Crippen LogP contribution in [-0.2, 0) is 11.3 Å². The first-order valence-corrected chi connectivity index (χ1v) is 4.74. The van der Waals surface area contributed by atoms with Gasteiger partial charge in [-0.25, -0.2) is 9.97 Å². The Morgan fingerprint density at radius 1 is 1.40 bits per heavy atom. The van der Waals surface area contributed by atoms with Crippen LogP contribution in [0.1, 0.15) is 5.76 Å². The first-order valence-electron chi connectivity index (χ1n) is 4.36. The van der Waals surface area contributed by atoms with Crippen molar-refractivity contribution >= 4 is 11.6 Å². The highest BCUT2D eigenvalue weighted by atomic mass is 35.5. The Morgan fingerprint density at radius 3 is 3.00 bits per heavy atom. The zero-order valence-corrected chi connectivity index (χ0v) is 8.86. The number of rotatable bonds is 3. The molecule has 0 unspecified atom stereocenters. The van der Waals surface area contributed by atoms with Gasteiger partial charge in [0.25, 0.3) is 0 Å². The van der Waals surface area contributed by atoms with Crippen LogP contribution in [0.4, 0.5) is 0 Å². The lowest BCUT2D eigenvalue weighted by Crippen LogP contribution is -1.85. The second-order valence-corrected chi connectivity index (χ2v) is 3.25. The summed E-state index contributed by atoms with van der Waals surface area (Å²) in [4.78, 5) is 7.83. The number of aromatic nitrogens is 2. The zero-order valence-electron chi connectivity index (χ0n) is 8.11. The number of halogens is 1. The third-order valence-corrected chi connectivity index (χ3v) is 2.01. The molecule has 2 rings (SSSR count). The highest BCUT2D eigenvalue weighted by molar-refractivity contribution is 6.28. The molecule has 2 aromatic rings. The van der Waals surface area contributed by atoms with Crippen LogP contribution in [0.3, 0.4) is 0 Å². The monoisotopic (exact) mass is 224 g/mol. The fourth-order valence-electron chi connectivity index (χ4n) is 1.21. The van der Waals surface area contributed by atoms with Gasteiger partial charge in [0, 0.05) is 13.3 Å². The molecule has 0 aliphatic heterocycles. The number of furan rings is 1. The summed E-state index contributed by atoms with van der Waals surface area (Å²) < 4.78 is 10.4. The number of hydrogen-bond donors (Lipinski definition) is 0. The van der Waals surface area contributed by atoms with Crippen LogP contribution in [0, 0.1) is 0 Å². The molecule has 0 saturated carbocycles. The summed E-state index contributed by atoms with van der Waals surface area (Å²) in [5.74, 6) is 1.41. The van der Waals surface area contributed by atoms with Crippen LogP contribution in [0.15, 0.2) is 28.8 Å². The summed E-state index contributed by atoms with van der Waals surface area (Å²) in [5.41, 5.74) is 0.664. The molecule has 4 nitrogen and oxygen atoms in total. The van der Waals surface area contributed by atoms with Crippen molar-refractivity contribution in [2.24, 2.45) is 0 Å². The third-order valence-electron chi connectivity index (χ3n) is 1.83. The lowest BCUT2D eigenvalue weighted by molar-refractivity contribution is 0.165. The molecule has 0 bridgehead atoms. The summed E-state index contributed by atoms with van der Waals surface area (Å²) in [6, 6.07) is 5.41. The Morgan fingerprint density at radius 2 is 2.27 bits per heavy atom. The number of nitrogens with zero attached hydrogens (tertiary/aromatic N) is 2. The van der Waals surface area contributed by atoms with E-state index in [1.54, 1.807) is 19.4 Å². The molecule has 2 heterocycles. The van der Waals surface area contributed by atoms with Crippen molar-refractivity contribution in [3.63, 3.8) is 0 Å². The van der Waals surface area contributed by atoms with E-state index in [0.717, 1.165) is 5.76 Å². The van der Waals surface area contributed by atoms with Crippen molar-refractivity contribution in [1.29, 1.82) is 0 Å². The minimum atomic E-state index is 0.206. The molecule has 0 saturated heterocycles. The van der Waals surface area contributed by atoms with Gasteiger partial charge in [0.15, 0.2) is 5.76 Å². The normalized spacial score (nSPS) is 10.5. The van der Waals surface area contributed by atoms with E-state index in [9.17, 15) is 0 Å². The highest BCUT2D eigenvalue weighted by Gasteiger charge is 2.06. The molecule has 0 spiro atoms. The topological polar surface area (TPSA) is 48.2 Å². The van der Waals surface area contributed by atoms with E-state index in [4.69, 9.17) is 20.8 Å². The molecule has 15 heavy (non-hydrogen) atoms. The summed E-state index contributed by atoms with van der Waals surface area (Å²) in [6.45, 7) is 0.443. The van der Waals surface area contributed by atoms with Gasteiger partial charge in [-0.05, 0) is 29.8 Å². The first-order chi connectivity index (χ1) is 7.29. The molecular weight excluding hydrogens is 216 g/mol. The van der Waals surface area contributed by atoms with E-state index in [1.807, 2.05) is 12.1 Å². The summed E-state index contributed by atoms with van der Waals surface area (Å²) in [6.07, 6.45) is 1.59. The van der Waals surface area contributed by atoms with Crippen LogP contribution >= 0.6 is 11.6 Å². The van der Waals surface area contributed by atoms with Gasteiger partial charge in [0.1, 0.15) is 18.1 Å². The third kappa shape index (κ3) is 2.34. The first kappa shape index (κ1) is 10.1. The summed E-state index contributed by atoms with van der Waals surface area (Å²) in [7, 11) is 1.61. The van der Waals surface area contributed by atoms with E-state index >= 15 is 0 Å². The second kappa shape index (κ2) is 4.42. The van der Waals surface area contributed by atoms with E-state index < -0.39 is 0 Å². The predicted octanol–water partition coefficient (Wildman–Crippen LogP) is 2.54. The molecule has 0 amide bonds. The average molecular weight is 225 g/mol. The molecule has 0 aliphatic carbocycles. The van der Waals surface area contributed by atoms with Gasteiger partial charge in [-0.15, -0.1) is 0 Å². The SMILES string of the molecule is COCc1ccc(-c2ccnc(Cl)n2)o1. The molecule has 0 aromatic carbocycles. The smallest absolute Gasteiger partial charge is 0.222 e. The molecule has 0 radical (unpaired) electrons. The van der Waals surface area contributed by atoms with Gasteiger partial charge < -0.3 is 9.15 Å². The van der Waals surface area contributed by atoms with E-state index in [-0.39, 0.29) is 5.28 Å². The van der Waals surface area contributed by atoms with Crippen molar-refractivity contribution in [2.45, 2.75) is 6.61 Å². The fraction of sp³-hybridized carbons (Fsp3) is 0.200. The molecule has 0 atom stereocenters. The average Bonchev–Trinajstić information content (AvgIpc) is 2.67. The van der Waals surface area contributed by atoms with E-state index in [2.05, 4.69) is 9.97 Å². The van der Waals surface area contributed by atoms with Gasteiger partial charge in [0.05, 0.1) is 0 Å². The quantitative estimate of drug-likeness (QED) is 0.752. The molecule has 0 fully saturated rings. The van der Waals surface area contributed by atoms with Crippen LogP contribution in [0.2, 0.25) is 5.28 Å². The van der Waals surface area contributed by atoms with Gasteiger partial charge in [0.2, 0.25) is 5.28 Å². The van der Waals surface area contributed by atoms with Crippen LogP contribution < -0.4 is 0 Å². The standard InChI is InChI=1S/C10H9ClN2O2/c1-14-6-7-2-3-9(15-7)8-4-5-12-10(11)13-8/h2-5H,6H2,1H3. The lowest BCUT2D eigenvalue weighted by atomic mass is 10.3. The summed E-state index contributed by atoms with van der Waals surface area (Å²) in [5, 5.41) is 0.206. The van der Waals surface area contributed by atoms with Crippen molar-refractivity contribution in [3.05, 3.63) is 35.4 Å². The second-order valence-electron chi connectivity index (χ2n) is 2.91. The maximum absolute atomic E-state index is 5.67. The van der Waals surface area contributed by atoms with Crippen molar-refractivity contribution in [2.75, 3.05) is 7.11 Å². The molecule has 2 aromatic heterocycles. The number of hydrogen-bond acceptors (Lipinski definition) is 4. The number of methoxy groups -OCH3 is 1. The summed E-state index contributed by atoms with van der Waals surface area (Å²) >= 11 is 5.67. The van der Waals surface area contributed by atoms with E-state index in [1.165, 1.54) is 0 Å². The molecule has 0 aliphatic rings. The highest BCUT2D eigenvalue weighted by Crippen LogP contribution is 2.20. The fourth-order valence-corrected chi connectivity index (χ4v) is 1.35.